The Bertz CT molecular complexity index is 592. The van der Waals surface area contributed by atoms with Crippen molar-refractivity contribution in [2.24, 2.45) is 0 Å². The predicted molar refractivity (Wildman–Crippen MR) is 82.2 cm³/mol. The molecule has 20 heavy (non-hydrogen) atoms. The van der Waals surface area contributed by atoms with E-state index < -0.39 is 0 Å². The Morgan fingerprint density at radius 2 is 1.70 bits per heavy atom. The fraction of sp³-hybridized carbons (Fsp3) is 0.167. The number of rotatable bonds is 5. The number of allylic oxidation sites excluding steroid dienone is 1. The maximum atomic E-state index is 12.0. The highest BCUT2D eigenvalue weighted by Gasteiger charge is 2.01. The highest BCUT2D eigenvalue weighted by Crippen LogP contribution is 2.13. The molecule has 0 bridgehead atoms. The van der Waals surface area contributed by atoms with Crippen LogP contribution in [0.5, 0.6) is 5.75 Å². The zero-order valence-corrected chi connectivity index (χ0v) is 11.8. The van der Waals surface area contributed by atoms with Crippen LogP contribution in [0.2, 0.25) is 0 Å². The molecule has 2 aromatic rings. The minimum Gasteiger partial charge on any atom is -0.497 e. The second-order valence-corrected chi connectivity index (χ2v) is 4.52. The zero-order chi connectivity index (χ0) is 14.4. The van der Waals surface area contributed by atoms with Crippen molar-refractivity contribution in [3.63, 3.8) is 0 Å². The molecule has 0 aliphatic carbocycles. The third-order valence-electron chi connectivity index (χ3n) is 3.19. The van der Waals surface area contributed by atoms with Gasteiger partial charge in [0.25, 0.3) is 0 Å². The number of ketones is 1. The maximum absolute atomic E-state index is 12.0. The molecule has 0 saturated heterocycles. The average Bonchev–Trinajstić information content (AvgIpc) is 2.53. The molecule has 0 saturated carbocycles. The number of methoxy groups -OCH3 is 1. The van der Waals surface area contributed by atoms with Gasteiger partial charge in [-0.3, -0.25) is 4.79 Å². The molecule has 2 aromatic carbocycles. The van der Waals surface area contributed by atoms with E-state index in [2.05, 4.69) is 19.1 Å². The standard InChI is InChI=1S/C18H18O2/c1-3-14-4-6-15(7-5-14)8-13-18(19)16-9-11-17(20-2)12-10-16/h4-13H,3H2,1-2H3. The van der Waals surface area contributed by atoms with Gasteiger partial charge in [0.1, 0.15) is 5.75 Å². The molecule has 0 aromatic heterocycles. The number of carbonyl (C=O) groups is 1. The number of hydrogen-bond acceptors (Lipinski definition) is 2. The van der Waals surface area contributed by atoms with Gasteiger partial charge in [-0.25, -0.2) is 0 Å². The Morgan fingerprint density at radius 3 is 2.25 bits per heavy atom. The van der Waals surface area contributed by atoms with E-state index in [1.165, 1.54) is 5.56 Å². The average molecular weight is 266 g/mol. The third-order valence-corrected chi connectivity index (χ3v) is 3.19. The quantitative estimate of drug-likeness (QED) is 0.600. The third kappa shape index (κ3) is 3.58. The Hall–Kier alpha value is -2.35. The minimum absolute atomic E-state index is 0.00720. The molecule has 0 fully saturated rings. The number of benzene rings is 2. The van der Waals surface area contributed by atoms with Gasteiger partial charge in [-0.05, 0) is 47.9 Å². The molecule has 2 nitrogen and oxygen atoms in total. The van der Waals surface area contributed by atoms with E-state index in [4.69, 9.17) is 4.74 Å². The van der Waals surface area contributed by atoms with E-state index in [-0.39, 0.29) is 5.78 Å². The first kappa shape index (κ1) is 14.1. The van der Waals surface area contributed by atoms with Gasteiger partial charge in [-0.15, -0.1) is 0 Å². The monoisotopic (exact) mass is 266 g/mol. The number of hydrogen-bond donors (Lipinski definition) is 0. The molecular weight excluding hydrogens is 248 g/mol. The lowest BCUT2D eigenvalue weighted by Gasteiger charge is -2.00. The van der Waals surface area contributed by atoms with Crippen LogP contribution in [-0.2, 0) is 6.42 Å². The SMILES string of the molecule is CCc1ccc(C=CC(=O)c2ccc(OC)cc2)cc1. The molecule has 0 N–H and O–H groups in total. The van der Waals surface area contributed by atoms with Gasteiger partial charge < -0.3 is 4.74 Å². The molecular formula is C18H18O2. The van der Waals surface area contributed by atoms with Crippen LogP contribution in [0.1, 0.15) is 28.4 Å². The number of aryl methyl sites for hydroxylation is 1. The van der Waals surface area contributed by atoms with Gasteiger partial charge in [0.15, 0.2) is 5.78 Å². The topological polar surface area (TPSA) is 26.3 Å². The van der Waals surface area contributed by atoms with Crippen molar-refractivity contribution in [1.29, 1.82) is 0 Å². The van der Waals surface area contributed by atoms with Crippen LogP contribution in [0.4, 0.5) is 0 Å². The summed E-state index contributed by atoms with van der Waals surface area (Å²) in [7, 11) is 1.61. The zero-order valence-electron chi connectivity index (χ0n) is 11.8. The summed E-state index contributed by atoms with van der Waals surface area (Å²) >= 11 is 0. The van der Waals surface area contributed by atoms with Crippen molar-refractivity contribution in [3.05, 3.63) is 71.3 Å². The molecule has 0 heterocycles. The molecule has 2 rings (SSSR count). The Morgan fingerprint density at radius 1 is 1.05 bits per heavy atom. The van der Waals surface area contributed by atoms with Crippen LogP contribution in [0.3, 0.4) is 0 Å². The van der Waals surface area contributed by atoms with Crippen LogP contribution in [0, 0.1) is 0 Å². The Labute approximate surface area is 119 Å². The van der Waals surface area contributed by atoms with E-state index in [0.717, 1.165) is 17.7 Å². The molecule has 102 valence electrons. The summed E-state index contributed by atoms with van der Waals surface area (Å²) in [4.78, 5) is 12.0. The maximum Gasteiger partial charge on any atom is 0.185 e. The molecule has 2 heteroatoms. The first-order valence-corrected chi connectivity index (χ1v) is 6.68. The van der Waals surface area contributed by atoms with Crippen molar-refractivity contribution >= 4 is 11.9 Å². The molecule has 0 amide bonds. The van der Waals surface area contributed by atoms with Crippen LogP contribution >= 0.6 is 0 Å². The van der Waals surface area contributed by atoms with Gasteiger partial charge in [0, 0.05) is 5.56 Å². The van der Waals surface area contributed by atoms with Crippen molar-refractivity contribution < 1.29 is 9.53 Å². The molecule has 0 unspecified atom stereocenters. The van der Waals surface area contributed by atoms with Crippen molar-refractivity contribution in [1.82, 2.24) is 0 Å². The highest BCUT2D eigenvalue weighted by atomic mass is 16.5. The summed E-state index contributed by atoms with van der Waals surface area (Å²) in [6.45, 7) is 2.12. The van der Waals surface area contributed by atoms with Gasteiger partial charge in [-0.1, -0.05) is 37.3 Å². The molecule has 0 aliphatic heterocycles. The van der Waals surface area contributed by atoms with Crippen LogP contribution in [0.15, 0.2) is 54.6 Å². The summed E-state index contributed by atoms with van der Waals surface area (Å²) in [5.41, 5.74) is 2.99. The van der Waals surface area contributed by atoms with E-state index in [1.54, 1.807) is 37.5 Å². The second-order valence-electron chi connectivity index (χ2n) is 4.52. The van der Waals surface area contributed by atoms with Crippen molar-refractivity contribution in [3.8, 4) is 5.75 Å². The second kappa shape index (κ2) is 6.71. The lowest BCUT2D eigenvalue weighted by Crippen LogP contribution is -1.94. The summed E-state index contributed by atoms with van der Waals surface area (Å²) in [6, 6.07) is 15.3. The molecule has 0 atom stereocenters. The minimum atomic E-state index is -0.00720. The summed E-state index contributed by atoms with van der Waals surface area (Å²) in [5, 5.41) is 0. The van der Waals surface area contributed by atoms with E-state index in [1.807, 2.05) is 18.2 Å². The lowest BCUT2D eigenvalue weighted by molar-refractivity contribution is 0.104. The smallest absolute Gasteiger partial charge is 0.185 e. The Kier molecular flexibility index (Phi) is 4.72. The summed E-state index contributed by atoms with van der Waals surface area (Å²) < 4.78 is 5.07. The highest BCUT2D eigenvalue weighted by molar-refractivity contribution is 6.06. The fourth-order valence-electron chi connectivity index (χ4n) is 1.89. The van der Waals surface area contributed by atoms with Crippen LogP contribution in [-0.4, -0.2) is 12.9 Å². The predicted octanol–water partition coefficient (Wildman–Crippen LogP) is 4.15. The van der Waals surface area contributed by atoms with Gasteiger partial charge in [-0.2, -0.15) is 0 Å². The molecule has 0 aliphatic rings. The largest absolute Gasteiger partial charge is 0.497 e. The summed E-state index contributed by atoms with van der Waals surface area (Å²) in [6.07, 6.45) is 4.46. The van der Waals surface area contributed by atoms with Crippen LogP contribution in [0.25, 0.3) is 6.08 Å². The first-order valence-electron chi connectivity index (χ1n) is 6.68. The van der Waals surface area contributed by atoms with Crippen molar-refractivity contribution in [2.75, 3.05) is 7.11 Å². The lowest BCUT2D eigenvalue weighted by atomic mass is 10.1. The fourth-order valence-corrected chi connectivity index (χ4v) is 1.89. The van der Waals surface area contributed by atoms with Gasteiger partial charge >= 0.3 is 0 Å². The Balaban J connectivity index is 2.07. The molecule has 0 spiro atoms. The number of carbonyl (C=O) groups excluding carboxylic acids is 1. The van der Waals surface area contributed by atoms with E-state index in [0.29, 0.717) is 5.56 Å². The first-order chi connectivity index (χ1) is 9.72. The van der Waals surface area contributed by atoms with E-state index >= 15 is 0 Å². The van der Waals surface area contributed by atoms with E-state index in [9.17, 15) is 4.79 Å². The van der Waals surface area contributed by atoms with Crippen LogP contribution < -0.4 is 4.74 Å². The molecule has 0 radical (unpaired) electrons. The summed E-state index contributed by atoms with van der Waals surface area (Å²) in [5.74, 6) is 0.743. The van der Waals surface area contributed by atoms with Crippen molar-refractivity contribution in [2.45, 2.75) is 13.3 Å². The van der Waals surface area contributed by atoms with Gasteiger partial charge in [0.05, 0.1) is 7.11 Å². The number of ether oxygens (including phenoxy) is 1. The van der Waals surface area contributed by atoms with Gasteiger partial charge in [0.2, 0.25) is 0 Å². The normalized spacial score (nSPS) is 10.7.